The van der Waals surface area contributed by atoms with Crippen LogP contribution in [0.1, 0.15) is 188 Å². The summed E-state index contributed by atoms with van der Waals surface area (Å²) in [5.41, 5.74) is -21.4. The molecule has 39 heteroatoms. The van der Waals surface area contributed by atoms with Crippen LogP contribution in [-0.2, 0) is 114 Å². The molecule has 1 aliphatic rings. The molecule has 0 spiro atoms. The molecule has 24 nitrogen and oxygen atoms in total. The minimum Gasteiger partial charge on any atom is -0.491 e. The van der Waals surface area contributed by atoms with E-state index in [0.29, 0.717) is 99.1 Å². The normalized spacial score (nSPS) is 17.3. The van der Waals surface area contributed by atoms with Gasteiger partial charge in [-0.05, 0) is 75.5 Å². The first kappa shape index (κ1) is 111. The number of aliphatic hydroxyl groups excluding tert-OH is 2. The molecule has 7 rings (SSSR count). The maximum atomic E-state index is 15.4. The third-order valence-corrected chi connectivity index (χ3v) is 23.2. The summed E-state index contributed by atoms with van der Waals surface area (Å²) in [7, 11) is 3.23. The summed E-state index contributed by atoms with van der Waals surface area (Å²) < 4.78 is 291. The maximum Gasteiger partial charge on any atom is 0.432 e. The molecule has 0 saturated carbocycles. The van der Waals surface area contributed by atoms with Gasteiger partial charge in [-0.1, -0.05) is 248 Å². The number of halogens is 15. The molecule has 1 fully saturated rings. The molecule has 0 aromatic heterocycles. The molecule has 1 heterocycles. The highest BCUT2D eigenvalue weighted by Crippen LogP contribution is 2.50. The van der Waals surface area contributed by atoms with Gasteiger partial charge < -0.3 is 83.0 Å². The molecule has 6 aromatic carbocycles. The number of epoxide rings is 1. The Kier molecular flexibility index (Phi) is 42.9. The summed E-state index contributed by atoms with van der Waals surface area (Å²) >= 11 is 0. The topological polar surface area (TPSA) is 310 Å². The third kappa shape index (κ3) is 28.6. The molecule has 0 unspecified atom stereocenters. The van der Waals surface area contributed by atoms with Crippen molar-refractivity contribution >= 4 is 41.6 Å². The second-order valence-electron chi connectivity index (χ2n) is 32.1. The minimum absolute atomic E-state index is 0.0378. The number of carbonyl (C=O) groups excluding carboxylic acids is 7. The van der Waals surface area contributed by atoms with Crippen LogP contribution in [0, 0.1) is 0 Å². The first-order valence-electron chi connectivity index (χ1n) is 43.9. The largest absolute Gasteiger partial charge is 0.491 e. The number of rotatable bonds is 59. The third-order valence-electron chi connectivity index (χ3n) is 23.2. The number of aliphatic hydroxyl groups is 2. The number of alkyl halides is 15. The van der Waals surface area contributed by atoms with Crippen LogP contribution in [-0.4, -0.2) is 200 Å². The van der Waals surface area contributed by atoms with E-state index in [-0.39, 0.29) is 56.1 Å². The first-order chi connectivity index (χ1) is 63.6. The zero-order valence-electron chi connectivity index (χ0n) is 75.0. The Hall–Kier alpha value is -10.0. The second-order valence-corrected chi connectivity index (χ2v) is 32.1. The van der Waals surface area contributed by atoms with E-state index in [0.717, 1.165) is 93.5 Å². The van der Waals surface area contributed by atoms with E-state index < -0.39 is 217 Å². The molecular formula is C95H116F15N3O21. The van der Waals surface area contributed by atoms with Gasteiger partial charge in [-0.15, -0.1) is 0 Å². The molecule has 0 bridgehead atoms. The molecule has 3 amide bonds. The molecule has 1 saturated heterocycles. The summed E-state index contributed by atoms with van der Waals surface area (Å²) in [6.45, 7) is -1.39. The van der Waals surface area contributed by atoms with Crippen molar-refractivity contribution in [3.63, 3.8) is 0 Å². The number of carbonyl (C=O) groups is 7. The molecular weight excluding hydrogens is 1800 g/mol. The van der Waals surface area contributed by atoms with Crippen molar-refractivity contribution in [2.24, 2.45) is 0 Å². The summed E-state index contributed by atoms with van der Waals surface area (Å²) in [4.78, 5) is 95.9. The second kappa shape index (κ2) is 51.8. The van der Waals surface area contributed by atoms with Gasteiger partial charge in [-0.25, -0.2) is 19.2 Å². The van der Waals surface area contributed by atoms with E-state index in [4.69, 9.17) is 56.8 Å². The highest BCUT2D eigenvalue weighted by Gasteiger charge is 2.69. The molecule has 5 N–H and O–H groups in total. The average molecular weight is 1920 g/mol. The lowest BCUT2D eigenvalue weighted by molar-refractivity contribution is -0.279. The van der Waals surface area contributed by atoms with Crippen LogP contribution in [0.4, 0.5) is 65.9 Å². The van der Waals surface area contributed by atoms with Crippen LogP contribution < -0.4 is 20.7 Å². The van der Waals surface area contributed by atoms with Gasteiger partial charge in [0, 0.05) is 82.9 Å². The fraction of sp³-hybridized carbons (Fsp3) is 0.547. The zero-order chi connectivity index (χ0) is 98.6. The smallest absolute Gasteiger partial charge is 0.432 e. The molecule has 134 heavy (non-hydrogen) atoms. The number of benzene rings is 6. The molecule has 13 atom stereocenters. The van der Waals surface area contributed by atoms with Gasteiger partial charge in [-0.3, -0.25) is 14.4 Å². The summed E-state index contributed by atoms with van der Waals surface area (Å²) in [6, 6.07) is 32.4. The fourth-order valence-electron chi connectivity index (χ4n) is 15.7. The van der Waals surface area contributed by atoms with Crippen molar-refractivity contribution in [1.82, 2.24) is 16.0 Å². The van der Waals surface area contributed by atoms with Gasteiger partial charge in [0.2, 0.25) is 5.91 Å². The lowest BCUT2D eigenvalue weighted by atomic mass is 9.91. The SMILES string of the molecule is CCC(=O)N[C@@H](CO)COc1ccc([C@@H](O)CNC(=O)[C@H](CCC[C@H](OC(=O)[C@@](OC)(c2ccccc2)C(F)(F)F)[C@H]2O[C@H]2CCCCCCC[C@@H](CCCCCCCCCCCCOC[C@H](COC(=O)[C@@](OC)(c2ccccc2)C(F)(F)F)NC(=O)[C@@](OC)(c2ccccc2)C(F)(F)F)OC(=O)[C@@](OC)(c2ccccc2)C(F)(F)F)OC(=O)[C@@](OC)(c2ccccc2)C(F)(F)F)cc1. The highest BCUT2D eigenvalue weighted by atomic mass is 19.4. The van der Waals surface area contributed by atoms with Crippen LogP contribution in [0.5, 0.6) is 5.75 Å². The van der Waals surface area contributed by atoms with Gasteiger partial charge >= 0.3 is 54.8 Å². The number of hydrogen-bond donors (Lipinski definition) is 5. The van der Waals surface area contributed by atoms with Gasteiger partial charge in [0.15, 0.2) is 6.10 Å². The van der Waals surface area contributed by atoms with Gasteiger partial charge in [0.05, 0.1) is 37.5 Å². The van der Waals surface area contributed by atoms with Crippen molar-refractivity contribution in [3.8, 4) is 5.75 Å². The Balaban J connectivity index is 0.955. The van der Waals surface area contributed by atoms with Crippen molar-refractivity contribution in [2.75, 3.05) is 75.1 Å². The van der Waals surface area contributed by atoms with Gasteiger partial charge in [0.25, 0.3) is 39.8 Å². The summed E-state index contributed by atoms with van der Waals surface area (Å²) in [6.07, 6.45) is -27.8. The maximum absolute atomic E-state index is 15.4. The number of hydrogen-bond acceptors (Lipinski definition) is 21. The Morgan fingerprint density at radius 1 is 0.403 bits per heavy atom. The van der Waals surface area contributed by atoms with E-state index in [9.17, 15) is 70.1 Å². The van der Waals surface area contributed by atoms with Crippen molar-refractivity contribution in [1.29, 1.82) is 0 Å². The first-order valence-corrected chi connectivity index (χ1v) is 43.9. The predicted molar refractivity (Wildman–Crippen MR) is 454 cm³/mol. The molecule has 6 aromatic rings. The zero-order valence-corrected chi connectivity index (χ0v) is 75.0. The van der Waals surface area contributed by atoms with E-state index >= 15 is 39.5 Å². The highest BCUT2D eigenvalue weighted by molar-refractivity contribution is 5.89. The minimum atomic E-state index is -5.54. The molecule has 0 radical (unpaired) electrons. The standard InChI is InChI=1S/C95H116F15N3O21/c1-7-78(116)112-70(60-114)62-129-72-56-54-64(55-57-72)74(115)59-111-80(117)77(134-85(122)90(127-6,95(108,109)110)69-47-32-23-33-48-69)53-38-52-76(133-84(121)89(126-5,94(105,106)107)68-45-30-22-31-46-68)79-75(132-79)51-36-17-14-16-35-50-73(131-83(120)88(125-4,93(102,103)104)67-43-28-21-29-44-67)49-34-15-12-10-8-9-11-13-18-37-58-128-61-71(113-81(118)86(123-2,91(96,97)98)65-39-24-19-25-40-65)63-130-82(119)87(124-3,92(99,100)101)66-41-26-20-27-42-66/h19-33,39-48,54-57,70-71,73-77,79,114-115H,7-18,34-38,49-53,58-63H2,1-6H3,(H,111,117)(H,112,116)(H,113,118)/t70-,71+,73+,74-,75-,76-,77-,79-,86-,87-,88-,89-,90-/m0/s1. The number of ether oxygens (including phenoxy) is 12. The Morgan fingerprint density at radius 2 is 0.784 bits per heavy atom. The number of unbranched alkanes of at least 4 members (excludes halogenated alkanes) is 13. The number of nitrogens with one attached hydrogen (secondary N) is 3. The molecule has 0 aliphatic carbocycles. The van der Waals surface area contributed by atoms with Crippen LogP contribution in [0.25, 0.3) is 0 Å². The Bertz CT molecular complexity index is 4550. The predicted octanol–water partition coefficient (Wildman–Crippen LogP) is 17.4. The van der Waals surface area contributed by atoms with Crippen LogP contribution in [0.15, 0.2) is 176 Å². The number of methoxy groups -OCH3 is 5. The van der Waals surface area contributed by atoms with Crippen LogP contribution in [0.2, 0.25) is 0 Å². The van der Waals surface area contributed by atoms with E-state index in [2.05, 4.69) is 16.0 Å². The molecule has 742 valence electrons. The van der Waals surface area contributed by atoms with Crippen molar-refractivity contribution in [2.45, 2.75) is 256 Å². The lowest BCUT2D eigenvalue weighted by Gasteiger charge is -2.35. The van der Waals surface area contributed by atoms with Crippen LogP contribution in [0.3, 0.4) is 0 Å². The van der Waals surface area contributed by atoms with Crippen LogP contribution >= 0.6 is 0 Å². The van der Waals surface area contributed by atoms with Crippen molar-refractivity contribution in [3.05, 3.63) is 209 Å². The Labute approximate surface area is 766 Å². The fourth-order valence-corrected chi connectivity index (χ4v) is 15.7. The summed E-state index contributed by atoms with van der Waals surface area (Å²) in [5.74, 6) is -10.8. The van der Waals surface area contributed by atoms with E-state index in [1.807, 2.05) is 0 Å². The number of amides is 3. The van der Waals surface area contributed by atoms with Crippen molar-refractivity contribution < 1.29 is 166 Å². The van der Waals surface area contributed by atoms with Gasteiger partial charge in [0.1, 0.15) is 37.3 Å². The van der Waals surface area contributed by atoms with E-state index in [1.165, 1.54) is 115 Å². The number of esters is 4. The monoisotopic (exact) mass is 1920 g/mol. The van der Waals surface area contributed by atoms with Gasteiger partial charge in [-0.2, -0.15) is 65.9 Å². The quantitative estimate of drug-likeness (QED) is 0.00779. The molecule has 1 aliphatic heterocycles. The van der Waals surface area contributed by atoms with E-state index in [1.54, 1.807) is 6.92 Å². The Morgan fingerprint density at radius 3 is 1.19 bits per heavy atom. The lowest BCUT2D eigenvalue weighted by Crippen LogP contribution is -2.59. The summed E-state index contributed by atoms with van der Waals surface area (Å²) in [5, 5.41) is 28.0. The average Bonchev–Trinajstić information content (AvgIpc) is 1.43.